The molecule has 9 heteroatoms. The van der Waals surface area contributed by atoms with E-state index in [1.54, 1.807) is 18.7 Å². The molecule has 0 bridgehead atoms. The maximum Gasteiger partial charge on any atom is 0.422 e. The van der Waals surface area contributed by atoms with Crippen LogP contribution >= 0.6 is 11.8 Å². The highest BCUT2D eigenvalue weighted by Gasteiger charge is 2.52. The summed E-state index contributed by atoms with van der Waals surface area (Å²) in [5.41, 5.74) is -3.17. The molecule has 1 rings (SSSR count). The topological polar surface area (TPSA) is 70.6 Å². The molecule has 1 fully saturated rings. The fourth-order valence-electron chi connectivity index (χ4n) is 1.82. The summed E-state index contributed by atoms with van der Waals surface area (Å²) in [6.07, 6.45) is -1.89. The Hall–Kier alpha value is -1.09. The van der Waals surface area contributed by atoms with Crippen LogP contribution in [0.4, 0.5) is 18.0 Å². The third-order valence-electron chi connectivity index (χ3n) is 3.11. The van der Waals surface area contributed by atoms with E-state index in [9.17, 15) is 23.1 Å². The predicted molar refractivity (Wildman–Crippen MR) is 78.7 cm³/mol. The number of carbonyl (C=O) groups excluding carboxylic acids is 1. The molecule has 5 nitrogen and oxygen atoms in total. The van der Waals surface area contributed by atoms with Gasteiger partial charge >= 0.3 is 12.2 Å². The molecule has 1 aliphatic heterocycles. The van der Waals surface area contributed by atoms with Gasteiger partial charge in [-0.1, -0.05) is 0 Å². The van der Waals surface area contributed by atoms with Crippen LogP contribution in [0.15, 0.2) is 12.3 Å². The molecule has 0 aromatic carbocycles. The lowest BCUT2D eigenvalue weighted by Crippen LogP contribution is -2.55. The first kappa shape index (κ1) is 19.0. The first-order chi connectivity index (χ1) is 10.3. The molecule has 2 amide bonds. The van der Waals surface area contributed by atoms with Gasteiger partial charge in [-0.05, 0) is 31.6 Å². The zero-order valence-corrected chi connectivity index (χ0v) is 13.1. The minimum Gasteiger partial charge on any atom is -0.502 e. The maximum atomic E-state index is 12.9. The third-order valence-corrected chi connectivity index (χ3v) is 4.33. The van der Waals surface area contributed by atoms with Crippen LogP contribution < -0.4 is 10.6 Å². The number of ether oxygens (including phenoxy) is 1. The van der Waals surface area contributed by atoms with Gasteiger partial charge in [-0.2, -0.15) is 24.9 Å². The quantitative estimate of drug-likeness (QED) is 0.646. The molecule has 0 aliphatic carbocycles. The molecule has 3 N–H and O–H groups in total. The molecule has 22 heavy (non-hydrogen) atoms. The predicted octanol–water partition coefficient (Wildman–Crippen LogP) is 2.02. The minimum absolute atomic E-state index is 0.0586. The molecule has 0 spiro atoms. The normalized spacial score (nSPS) is 22.1. The maximum absolute atomic E-state index is 12.9. The summed E-state index contributed by atoms with van der Waals surface area (Å²) in [5.74, 6) is 1.76. The second-order valence-electron chi connectivity index (χ2n) is 4.92. The van der Waals surface area contributed by atoms with Gasteiger partial charge < -0.3 is 20.5 Å². The smallest absolute Gasteiger partial charge is 0.422 e. The highest BCUT2D eigenvalue weighted by molar-refractivity contribution is 7.99. The summed E-state index contributed by atoms with van der Waals surface area (Å²) in [6, 6.07) is -0.781. The Kier molecular flexibility index (Phi) is 7.34. The summed E-state index contributed by atoms with van der Waals surface area (Å²) in [6.45, 7) is 0.800. The van der Waals surface area contributed by atoms with Crippen molar-refractivity contribution in [1.82, 2.24) is 10.6 Å². The SMILES string of the molecule is CCO/C=C/[C@@](O)(CNC(=O)N[C@@H]1CCCSC1)C(F)(F)F. The van der Waals surface area contributed by atoms with E-state index in [2.05, 4.69) is 15.4 Å². The van der Waals surface area contributed by atoms with Crippen LogP contribution in [-0.2, 0) is 4.74 Å². The van der Waals surface area contributed by atoms with E-state index in [4.69, 9.17) is 0 Å². The van der Waals surface area contributed by atoms with Crippen LogP contribution in [0.5, 0.6) is 0 Å². The summed E-state index contributed by atoms with van der Waals surface area (Å²) in [7, 11) is 0. The Morgan fingerprint density at radius 3 is 2.77 bits per heavy atom. The molecule has 1 saturated heterocycles. The molecule has 0 aromatic heterocycles. The van der Waals surface area contributed by atoms with Gasteiger partial charge in [-0.3, -0.25) is 0 Å². The van der Waals surface area contributed by atoms with E-state index >= 15 is 0 Å². The molecule has 0 radical (unpaired) electrons. The van der Waals surface area contributed by atoms with E-state index in [0.717, 1.165) is 30.6 Å². The van der Waals surface area contributed by atoms with Crippen LogP contribution in [0.2, 0.25) is 0 Å². The van der Waals surface area contributed by atoms with Crippen LogP contribution in [0.25, 0.3) is 0 Å². The van der Waals surface area contributed by atoms with Gasteiger partial charge in [0, 0.05) is 11.8 Å². The van der Waals surface area contributed by atoms with Crippen LogP contribution in [0.1, 0.15) is 19.8 Å². The molecular formula is C13H21F3N2O3S. The monoisotopic (exact) mass is 342 g/mol. The van der Waals surface area contributed by atoms with Crippen LogP contribution in [0, 0.1) is 0 Å². The van der Waals surface area contributed by atoms with Crippen LogP contribution in [0.3, 0.4) is 0 Å². The van der Waals surface area contributed by atoms with Gasteiger partial charge in [0.05, 0.1) is 19.4 Å². The number of urea groups is 1. The van der Waals surface area contributed by atoms with E-state index in [-0.39, 0.29) is 12.6 Å². The molecule has 128 valence electrons. The lowest BCUT2D eigenvalue weighted by molar-refractivity contribution is -0.237. The molecule has 0 unspecified atom stereocenters. The largest absolute Gasteiger partial charge is 0.502 e. The molecule has 2 atom stereocenters. The van der Waals surface area contributed by atoms with Gasteiger partial charge in [0.25, 0.3) is 0 Å². The number of halogens is 3. The second kappa shape index (κ2) is 8.52. The number of rotatable bonds is 6. The second-order valence-corrected chi connectivity index (χ2v) is 6.07. The number of amides is 2. The van der Waals surface area contributed by atoms with Crippen molar-refractivity contribution in [3.8, 4) is 0 Å². The van der Waals surface area contributed by atoms with Crippen molar-refractivity contribution < 1.29 is 27.8 Å². The zero-order chi connectivity index (χ0) is 16.6. The average Bonchev–Trinajstić information content (AvgIpc) is 2.45. The van der Waals surface area contributed by atoms with Gasteiger partial charge in [0.15, 0.2) is 5.60 Å². The summed E-state index contributed by atoms with van der Waals surface area (Å²) >= 11 is 1.69. The molecule has 1 heterocycles. The zero-order valence-electron chi connectivity index (χ0n) is 12.3. The van der Waals surface area contributed by atoms with Gasteiger partial charge in [-0.15, -0.1) is 0 Å². The van der Waals surface area contributed by atoms with E-state index in [1.165, 1.54) is 0 Å². The Morgan fingerprint density at radius 2 is 2.23 bits per heavy atom. The lowest BCUT2D eigenvalue weighted by Gasteiger charge is -2.28. The summed E-state index contributed by atoms with van der Waals surface area (Å²) < 4.78 is 43.4. The lowest BCUT2D eigenvalue weighted by atomic mass is 10.0. The fraction of sp³-hybridized carbons (Fsp3) is 0.769. The Labute approximate surface area is 131 Å². The summed E-state index contributed by atoms with van der Waals surface area (Å²) in [5, 5.41) is 14.4. The standard InChI is InChI=1S/C13H21F3N2O3S/c1-2-21-6-5-12(20,13(14,15)16)9-17-11(19)18-10-4-3-7-22-8-10/h5-6,10,20H,2-4,7-9H2,1H3,(H2,17,18,19)/b6-5+/t10-,12-/m1/s1. The molecule has 0 saturated carbocycles. The Bertz CT molecular complexity index is 387. The number of nitrogens with one attached hydrogen (secondary N) is 2. The van der Waals surface area contributed by atoms with Crippen molar-refractivity contribution in [2.45, 2.75) is 37.6 Å². The minimum atomic E-state index is -4.92. The summed E-state index contributed by atoms with van der Waals surface area (Å²) in [4.78, 5) is 11.6. The third kappa shape index (κ3) is 5.96. The highest BCUT2D eigenvalue weighted by Crippen LogP contribution is 2.31. The van der Waals surface area contributed by atoms with Crippen molar-refractivity contribution in [3.05, 3.63) is 12.3 Å². The average molecular weight is 342 g/mol. The Morgan fingerprint density at radius 1 is 1.50 bits per heavy atom. The number of alkyl halides is 3. The number of aliphatic hydroxyl groups is 1. The highest BCUT2D eigenvalue weighted by atomic mass is 32.2. The number of carbonyl (C=O) groups is 1. The Balaban J connectivity index is 2.53. The van der Waals surface area contributed by atoms with Crippen molar-refractivity contribution in [2.75, 3.05) is 24.7 Å². The molecule has 1 aliphatic rings. The van der Waals surface area contributed by atoms with Crippen LogP contribution in [-0.4, -0.2) is 53.6 Å². The van der Waals surface area contributed by atoms with Crippen molar-refractivity contribution in [3.63, 3.8) is 0 Å². The molecular weight excluding hydrogens is 321 g/mol. The van der Waals surface area contributed by atoms with Crippen molar-refractivity contribution in [2.24, 2.45) is 0 Å². The molecule has 0 aromatic rings. The van der Waals surface area contributed by atoms with E-state index in [1.807, 2.05) is 0 Å². The van der Waals surface area contributed by atoms with E-state index < -0.39 is 24.4 Å². The van der Waals surface area contributed by atoms with Gasteiger partial charge in [0.1, 0.15) is 0 Å². The van der Waals surface area contributed by atoms with E-state index in [0.29, 0.717) is 6.08 Å². The number of thioether (sulfide) groups is 1. The van der Waals surface area contributed by atoms with Gasteiger partial charge in [-0.25, -0.2) is 4.79 Å². The van der Waals surface area contributed by atoms with Gasteiger partial charge in [0.2, 0.25) is 0 Å². The number of hydrogen-bond donors (Lipinski definition) is 3. The van der Waals surface area contributed by atoms with Crippen molar-refractivity contribution in [1.29, 1.82) is 0 Å². The first-order valence-corrected chi connectivity index (χ1v) is 8.14. The number of hydrogen-bond acceptors (Lipinski definition) is 4. The first-order valence-electron chi connectivity index (χ1n) is 6.99. The van der Waals surface area contributed by atoms with Crippen molar-refractivity contribution >= 4 is 17.8 Å². The fourth-order valence-corrected chi connectivity index (χ4v) is 2.89.